The molecule has 4 heavy (non-hydrogen) atoms. The summed E-state index contributed by atoms with van der Waals surface area (Å²) in [5.74, 6) is 0. The zero-order valence-electron chi connectivity index (χ0n) is 1.32. The van der Waals surface area contributed by atoms with Gasteiger partial charge in [0.1, 0.15) is 0 Å². The number of rotatable bonds is 0. The quantitative estimate of drug-likeness (QED) is 0.417. The van der Waals surface area contributed by atoms with E-state index < -0.39 is 0 Å². The summed E-state index contributed by atoms with van der Waals surface area (Å²) in [6.45, 7) is 0. The highest BCUT2D eigenvalue weighted by molar-refractivity contribution is 7.93. The van der Waals surface area contributed by atoms with Gasteiger partial charge >= 0.3 is 0 Å². The Morgan fingerprint density at radius 2 is 1.25 bits per heavy atom. The van der Waals surface area contributed by atoms with Crippen molar-refractivity contribution in [2.45, 2.75) is 7.43 Å². The second-order valence-electron chi connectivity index (χ2n) is 0.0833. The molecule has 0 aromatic heterocycles. The van der Waals surface area contributed by atoms with Crippen molar-refractivity contribution in [2.24, 2.45) is 0 Å². The molecule has 0 aliphatic heterocycles. The molecule has 0 unspecified atom stereocenters. The molecule has 0 aliphatic carbocycles. The maximum atomic E-state index is 3.96. The lowest BCUT2D eigenvalue weighted by Gasteiger charge is -0.992. The van der Waals surface area contributed by atoms with Crippen LogP contribution in [0, 0.1) is 0 Å². The molecular formula is C2H4S2. The molecule has 0 atom stereocenters. The van der Waals surface area contributed by atoms with E-state index in [-0.39, 0.29) is 7.43 Å². The van der Waals surface area contributed by atoms with E-state index >= 15 is 0 Å². The molecule has 0 bridgehead atoms. The van der Waals surface area contributed by atoms with Crippen molar-refractivity contribution in [1.82, 2.24) is 0 Å². The van der Waals surface area contributed by atoms with Gasteiger partial charge in [0.15, 0.2) is 0 Å². The predicted octanol–water partition coefficient (Wildman–Crippen LogP) is 1.65. The lowest BCUT2D eigenvalue weighted by Crippen LogP contribution is -0.917. The fourth-order valence-corrected chi connectivity index (χ4v) is 0. The van der Waals surface area contributed by atoms with Crippen molar-refractivity contribution in [3.8, 4) is 0 Å². The third kappa shape index (κ3) is 68.3. The first-order chi connectivity index (χ1) is 1.41. The van der Waals surface area contributed by atoms with E-state index in [1.165, 1.54) is 0 Å². The summed E-state index contributed by atoms with van der Waals surface area (Å²) in [4.78, 5) is 0. The summed E-state index contributed by atoms with van der Waals surface area (Å²) in [7, 11) is 0. The molecule has 0 heterocycles. The molecule has 0 aliphatic rings. The molecule has 0 spiro atoms. The van der Waals surface area contributed by atoms with Crippen LogP contribution < -0.4 is 0 Å². The predicted molar refractivity (Wildman–Crippen MR) is 26.9 cm³/mol. The van der Waals surface area contributed by atoms with Crippen LogP contribution in [-0.2, 0) is 0 Å². The average molecular weight is 92.2 g/mol. The van der Waals surface area contributed by atoms with E-state index in [9.17, 15) is 0 Å². The Kier molecular flexibility index (Phi) is 23.7. The summed E-state index contributed by atoms with van der Waals surface area (Å²) in [6, 6.07) is 0. The van der Waals surface area contributed by atoms with Gasteiger partial charge in [-0.1, -0.05) is 7.43 Å². The second-order valence-corrected chi connectivity index (χ2v) is 0.750. The van der Waals surface area contributed by atoms with Crippen LogP contribution in [0.3, 0.4) is 0 Å². The molecule has 0 rings (SSSR count). The van der Waals surface area contributed by atoms with Crippen LogP contribution >= 0.6 is 24.4 Å². The zero-order chi connectivity index (χ0) is 2.71. The first-order valence-electron chi connectivity index (χ1n) is 0.408. The van der Waals surface area contributed by atoms with E-state index in [2.05, 4.69) is 24.4 Å². The lowest BCUT2D eigenvalue weighted by atomic mass is 12.0. The summed E-state index contributed by atoms with van der Waals surface area (Å²) in [5.41, 5.74) is 0. The van der Waals surface area contributed by atoms with E-state index in [0.717, 1.165) is 0 Å². The SMILES string of the molecule is C.S=C=S. The fourth-order valence-electron chi connectivity index (χ4n) is 0. The van der Waals surface area contributed by atoms with Gasteiger partial charge in [-0.15, -0.1) is 0 Å². The second kappa shape index (κ2) is 10.7. The zero-order valence-corrected chi connectivity index (χ0v) is 2.95. The van der Waals surface area contributed by atoms with E-state index in [0.29, 0.717) is 0 Å². The van der Waals surface area contributed by atoms with Crippen LogP contribution in [0.4, 0.5) is 0 Å². The van der Waals surface area contributed by atoms with Crippen LogP contribution in [0.5, 0.6) is 0 Å². The topological polar surface area (TPSA) is 0 Å². The average Bonchev–Trinajstić information content (AvgIpc) is 0.918. The van der Waals surface area contributed by atoms with Gasteiger partial charge in [0.05, 0.1) is 0 Å². The third-order valence-electron chi connectivity index (χ3n) is 0. The normalized spacial score (nSPS) is 2.00. The highest BCUT2D eigenvalue weighted by atomic mass is 32.1. The number of hydrogen-bond acceptors (Lipinski definition) is 2. The standard InChI is InChI=1S/CS2.CH4/c2-1-3;/h;1H4. The van der Waals surface area contributed by atoms with Gasteiger partial charge in [-0.25, -0.2) is 0 Å². The van der Waals surface area contributed by atoms with E-state index in [1.54, 1.807) is 0 Å². The number of thiocarbonyl (C=S) groups is 2. The smallest absolute Gasteiger partial charge is 0.0297 e. The molecule has 0 aromatic rings. The molecule has 0 radical (unpaired) electrons. The van der Waals surface area contributed by atoms with Crippen molar-refractivity contribution < 1.29 is 0 Å². The van der Waals surface area contributed by atoms with E-state index in [1.807, 2.05) is 4.31 Å². The maximum absolute atomic E-state index is 3.96. The Hall–Kier alpha value is 0.220. The first kappa shape index (κ1) is 8.88. The molecule has 0 saturated heterocycles. The molecular weight excluding hydrogens is 88.2 g/mol. The minimum Gasteiger partial charge on any atom is -0.0776 e. The highest BCUT2D eigenvalue weighted by Crippen LogP contribution is 1.29. The monoisotopic (exact) mass is 92.0 g/mol. The molecule has 0 nitrogen and oxygen atoms in total. The Morgan fingerprint density at radius 3 is 1.25 bits per heavy atom. The molecule has 24 valence electrons. The lowest BCUT2D eigenvalue weighted by molar-refractivity contribution is 2.50. The summed E-state index contributed by atoms with van der Waals surface area (Å²) in [6.07, 6.45) is 0. The maximum Gasteiger partial charge on any atom is 0.0297 e. The van der Waals surface area contributed by atoms with Crippen molar-refractivity contribution in [3.05, 3.63) is 0 Å². The minimum atomic E-state index is 0. The fraction of sp³-hybridized carbons (Fsp3) is 0.500. The van der Waals surface area contributed by atoms with Gasteiger partial charge in [0.25, 0.3) is 0 Å². The highest BCUT2D eigenvalue weighted by Gasteiger charge is 1.01. The molecule has 0 aromatic carbocycles. The molecule has 0 amide bonds. The van der Waals surface area contributed by atoms with Crippen molar-refractivity contribution in [2.75, 3.05) is 0 Å². The van der Waals surface area contributed by atoms with Crippen LogP contribution in [0.25, 0.3) is 0 Å². The van der Waals surface area contributed by atoms with E-state index in [4.69, 9.17) is 0 Å². The Bertz CT molecular complexity index is 25.0. The number of hydrogen-bond donors (Lipinski definition) is 0. The first-order valence-corrected chi connectivity index (χ1v) is 1.22. The van der Waals surface area contributed by atoms with Gasteiger partial charge in [0, 0.05) is 4.31 Å². The largest absolute Gasteiger partial charge is 0.0776 e. The van der Waals surface area contributed by atoms with Gasteiger partial charge in [-0.2, -0.15) is 0 Å². The Balaban J connectivity index is 0. The van der Waals surface area contributed by atoms with Crippen LogP contribution in [-0.4, -0.2) is 4.31 Å². The van der Waals surface area contributed by atoms with Crippen molar-refractivity contribution >= 4 is 28.7 Å². The summed E-state index contributed by atoms with van der Waals surface area (Å²) < 4.78 is 1.92. The molecule has 0 saturated carbocycles. The van der Waals surface area contributed by atoms with Gasteiger partial charge in [-0.3, -0.25) is 0 Å². The molecule has 0 fully saturated rings. The summed E-state index contributed by atoms with van der Waals surface area (Å²) >= 11 is 7.92. The summed E-state index contributed by atoms with van der Waals surface area (Å²) in [5, 5.41) is 0. The van der Waals surface area contributed by atoms with Crippen LogP contribution in [0.2, 0.25) is 0 Å². The minimum absolute atomic E-state index is 0. The van der Waals surface area contributed by atoms with Crippen LogP contribution in [0.1, 0.15) is 7.43 Å². The third-order valence-corrected chi connectivity index (χ3v) is 0. The van der Waals surface area contributed by atoms with Crippen molar-refractivity contribution in [1.29, 1.82) is 0 Å². The Morgan fingerprint density at radius 1 is 1.25 bits per heavy atom. The van der Waals surface area contributed by atoms with Gasteiger partial charge in [0.2, 0.25) is 0 Å². The molecule has 0 N–H and O–H groups in total. The Labute approximate surface area is 36.8 Å². The van der Waals surface area contributed by atoms with Crippen molar-refractivity contribution in [3.63, 3.8) is 0 Å². The van der Waals surface area contributed by atoms with Gasteiger partial charge < -0.3 is 0 Å². The van der Waals surface area contributed by atoms with Crippen LogP contribution in [0.15, 0.2) is 0 Å². The van der Waals surface area contributed by atoms with Gasteiger partial charge in [-0.05, 0) is 24.4 Å². The molecule has 2 heteroatoms.